The molecule has 1 fully saturated rings. The minimum atomic E-state index is -0.360. The van der Waals surface area contributed by atoms with Crippen molar-refractivity contribution in [2.45, 2.75) is 31.3 Å². The predicted molar refractivity (Wildman–Crippen MR) is 71.4 cm³/mol. The van der Waals surface area contributed by atoms with Gasteiger partial charge in [0, 0.05) is 6.42 Å². The van der Waals surface area contributed by atoms with Gasteiger partial charge in [0.05, 0.1) is 6.10 Å². The molecule has 0 amide bonds. The van der Waals surface area contributed by atoms with Gasteiger partial charge in [0.1, 0.15) is 0 Å². The Balaban J connectivity index is 1.83. The van der Waals surface area contributed by atoms with Crippen LogP contribution in [0.15, 0.2) is 41.1 Å². The molecule has 1 atom stereocenters. The zero-order valence-electron chi connectivity index (χ0n) is 9.67. The van der Waals surface area contributed by atoms with Crippen molar-refractivity contribution in [2.75, 3.05) is 0 Å². The third-order valence-corrected chi connectivity index (χ3v) is 4.11. The van der Waals surface area contributed by atoms with E-state index in [-0.39, 0.29) is 6.10 Å². The van der Waals surface area contributed by atoms with Gasteiger partial charge in [0.2, 0.25) is 0 Å². The Hall–Kier alpha value is -1.12. The number of aliphatic hydroxyl groups excluding tert-OH is 1. The smallest absolute Gasteiger partial charge is 0.0833 e. The highest BCUT2D eigenvalue weighted by molar-refractivity contribution is 7.07. The fraction of sp³-hybridized carbons (Fsp3) is 0.333. The number of thiophene rings is 1. The minimum Gasteiger partial charge on any atom is -0.388 e. The van der Waals surface area contributed by atoms with E-state index in [0.29, 0.717) is 5.92 Å². The van der Waals surface area contributed by atoms with E-state index in [9.17, 15) is 5.11 Å². The fourth-order valence-electron chi connectivity index (χ4n) is 2.32. The van der Waals surface area contributed by atoms with E-state index in [4.69, 9.17) is 0 Å². The molecule has 1 aromatic heterocycles. The van der Waals surface area contributed by atoms with Crippen LogP contribution in [0.2, 0.25) is 0 Å². The molecule has 1 aliphatic carbocycles. The van der Waals surface area contributed by atoms with E-state index in [2.05, 4.69) is 35.0 Å². The molecule has 3 rings (SSSR count). The van der Waals surface area contributed by atoms with Crippen LogP contribution in [0, 0.1) is 0 Å². The Morgan fingerprint density at radius 2 is 2.06 bits per heavy atom. The van der Waals surface area contributed by atoms with Crippen molar-refractivity contribution in [3.05, 3.63) is 57.8 Å². The van der Waals surface area contributed by atoms with Gasteiger partial charge < -0.3 is 5.11 Å². The van der Waals surface area contributed by atoms with Crippen molar-refractivity contribution in [1.82, 2.24) is 0 Å². The lowest BCUT2D eigenvalue weighted by Crippen LogP contribution is -2.04. The minimum absolute atomic E-state index is 0.360. The number of hydrogen-bond donors (Lipinski definition) is 1. The van der Waals surface area contributed by atoms with Crippen LogP contribution in [0.1, 0.15) is 41.6 Å². The van der Waals surface area contributed by atoms with Crippen molar-refractivity contribution in [1.29, 1.82) is 0 Å². The van der Waals surface area contributed by atoms with E-state index >= 15 is 0 Å². The summed E-state index contributed by atoms with van der Waals surface area (Å²) in [4.78, 5) is 0. The van der Waals surface area contributed by atoms with Gasteiger partial charge >= 0.3 is 0 Å². The van der Waals surface area contributed by atoms with Crippen molar-refractivity contribution in [3.8, 4) is 0 Å². The molecule has 0 radical (unpaired) electrons. The van der Waals surface area contributed by atoms with E-state index in [1.807, 2.05) is 6.07 Å². The van der Waals surface area contributed by atoms with Crippen LogP contribution < -0.4 is 0 Å². The number of hydrogen-bond acceptors (Lipinski definition) is 2. The molecule has 0 saturated heterocycles. The summed E-state index contributed by atoms with van der Waals surface area (Å²) >= 11 is 1.69. The highest BCUT2D eigenvalue weighted by atomic mass is 32.1. The SMILES string of the molecule is OC(Cc1ccsc1)c1ccccc1C1CC1. The Labute approximate surface area is 106 Å². The molecule has 1 N–H and O–H groups in total. The predicted octanol–water partition coefficient (Wildman–Crippen LogP) is 3.90. The lowest BCUT2D eigenvalue weighted by Gasteiger charge is -2.14. The van der Waals surface area contributed by atoms with Gasteiger partial charge in [-0.3, -0.25) is 0 Å². The maximum Gasteiger partial charge on any atom is 0.0833 e. The summed E-state index contributed by atoms with van der Waals surface area (Å²) in [5.74, 6) is 0.698. The number of aliphatic hydroxyl groups is 1. The lowest BCUT2D eigenvalue weighted by atomic mass is 9.95. The Kier molecular flexibility index (Phi) is 3.00. The van der Waals surface area contributed by atoms with Crippen LogP contribution in [0.25, 0.3) is 0 Å². The lowest BCUT2D eigenvalue weighted by molar-refractivity contribution is 0.177. The second kappa shape index (κ2) is 4.63. The first kappa shape index (κ1) is 11.0. The van der Waals surface area contributed by atoms with Crippen LogP contribution in [0.5, 0.6) is 0 Å². The molecule has 0 spiro atoms. The highest BCUT2D eigenvalue weighted by Crippen LogP contribution is 2.43. The molecular formula is C15H16OS. The average molecular weight is 244 g/mol. The van der Waals surface area contributed by atoms with Crippen LogP contribution in [-0.2, 0) is 6.42 Å². The standard InChI is InChI=1S/C15H16OS/c16-15(9-11-7-8-17-10-11)14-4-2-1-3-13(14)12-5-6-12/h1-4,7-8,10,12,15-16H,5-6,9H2. The molecule has 2 heteroatoms. The molecule has 1 saturated carbocycles. The first-order valence-electron chi connectivity index (χ1n) is 6.12. The normalized spacial score (nSPS) is 17.0. The van der Waals surface area contributed by atoms with Crippen molar-refractivity contribution < 1.29 is 5.11 Å². The topological polar surface area (TPSA) is 20.2 Å². The summed E-state index contributed by atoms with van der Waals surface area (Å²) in [6.07, 6.45) is 2.93. The van der Waals surface area contributed by atoms with Crippen LogP contribution in [-0.4, -0.2) is 5.11 Å². The molecule has 1 aromatic carbocycles. The molecule has 1 aliphatic rings. The summed E-state index contributed by atoms with van der Waals surface area (Å²) in [6, 6.07) is 10.4. The second-order valence-electron chi connectivity index (χ2n) is 4.75. The molecule has 17 heavy (non-hydrogen) atoms. The largest absolute Gasteiger partial charge is 0.388 e. The average Bonchev–Trinajstić information content (AvgIpc) is 3.08. The van der Waals surface area contributed by atoms with Crippen molar-refractivity contribution in [3.63, 3.8) is 0 Å². The van der Waals surface area contributed by atoms with Gasteiger partial charge in [-0.05, 0) is 52.3 Å². The maximum absolute atomic E-state index is 10.4. The Morgan fingerprint density at radius 1 is 1.24 bits per heavy atom. The molecule has 1 heterocycles. The second-order valence-corrected chi connectivity index (χ2v) is 5.53. The first-order valence-corrected chi connectivity index (χ1v) is 7.07. The quantitative estimate of drug-likeness (QED) is 0.864. The summed E-state index contributed by atoms with van der Waals surface area (Å²) in [7, 11) is 0. The third-order valence-electron chi connectivity index (χ3n) is 3.38. The van der Waals surface area contributed by atoms with Gasteiger partial charge in [-0.25, -0.2) is 0 Å². The van der Waals surface area contributed by atoms with Crippen LogP contribution >= 0.6 is 11.3 Å². The van der Waals surface area contributed by atoms with Gasteiger partial charge in [0.15, 0.2) is 0 Å². The van der Waals surface area contributed by atoms with Gasteiger partial charge in [-0.2, -0.15) is 11.3 Å². The molecule has 2 aromatic rings. The summed E-state index contributed by atoms with van der Waals surface area (Å²) in [5, 5.41) is 14.5. The first-order chi connectivity index (χ1) is 8.34. The molecule has 1 unspecified atom stereocenters. The van der Waals surface area contributed by atoms with Gasteiger partial charge in [-0.15, -0.1) is 0 Å². The fourth-order valence-corrected chi connectivity index (χ4v) is 3.00. The zero-order valence-corrected chi connectivity index (χ0v) is 10.5. The van der Waals surface area contributed by atoms with Crippen LogP contribution in [0.3, 0.4) is 0 Å². The van der Waals surface area contributed by atoms with Gasteiger partial charge in [-0.1, -0.05) is 24.3 Å². The van der Waals surface area contributed by atoms with Crippen molar-refractivity contribution >= 4 is 11.3 Å². The van der Waals surface area contributed by atoms with Crippen molar-refractivity contribution in [2.24, 2.45) is 0 Å². The summed E-state index contributed by atoms with van der Waals surface area (Å²) in [5.41, 5.74) is 3.71. The summed E-state index contributed by atoms with van der Waals surface area (Å²) in [6.45, 7) is 0. The van der Waals surface area contributed by atoms with Gasteiger partial charge in [0.25, 0.3) is 0 Å². The Bertz CT molecular complexity index is 485. The number of benzene rings is 1. The highest BCUT2D eigenvalue weighted by Gasteiger charge is 2.27. The maximum atomic E-state index is 10.4. The third kappa shape index (κ3) is 2.43. The summed E-state index contributed by atoms with van der Waals surface area (Å²) < 4.78 is 0. The molecule has 1 nitrogen and oxygen atoms in total. The zero-order chi connectivity index (χ0) is 11.7. The monoisotopic (exact) mass is 244 g/mol. The molecule has 0 bridgehead atoms. The van der Waals surface area contributed by atoms with E-state index < -0.39 is 0 Å². The molecule has 0 aliphatic heterocycles. The van der Waals surface area contributed by atoms with E-state index in [0.717, 1.165) is 12.0 Å². The number of rotatable bonds is 4. The Morgan fingerprint density at radius 3 is 2.76 bits per heavy atom. The molecule has 88 valence electrons. The molecular weight excluding hydrogens is 228 g/mol. The van der Waals surface area contributed by atoms with Crippen LogP contribution in [0.4, 0.5) is 0 Å². The van der Waals surface area contributed by atoms with E-state index in [1.54, 1.807) is 11.3 Å². The van der Waals surface area contributed by atoms with E-state index in [1.165, 1.54) is 24.0 Å².